The van der Waals surface area contributed by atoms with Gasteiger partial charge in [0.15, 0.2) is 0 Å². The highest BCUT2D eigenvalue weighted by Crippen LogP contribution is 2.41. The number of carbonyl (C=O) groups excluding carboxylic acids is 1. The van der Waals surface area contributed by atoms with Gasteiger partial charge in [0.2, 0.25) is 17.0 Å². The third-order valence-corrected chi connectivity index (χ3v) is 6.16. The molecule has 0 spiro atoms. The van der Waals surface area contributed by atoms with Gasteiger partial charge in [0.25, 0.3) is 5.91 Å². The summed E-state index contributed by atoms with van der Waals surface area (Å²) >= 11 is 7.21. The summed E-state index contributed by atoms with van der Waals surface area (Å²) in [4.78, 5) is 36.6. The first-order valence-electron chi connectivity index (χ1n) is 9.25. The number of benzene rings is 1. The molecule has 11 heteroatoms. The summed E-state index contributed by atoms with van der Waals surface area (Å²) in [6, 6.07) is 7.18. The minimum absolute atomic E-state index is 0.0124. The third kappa shape index (κ3) is 3.39. The van der Waals surface area contributed by atoms with Crippen LogP contribution in [0.15, 0.2) is 30.5 Å². The van der Waals surface area contributed by atoms with Gasteiger partial charge in [-0.15, -0.1) is 11.3 Å². The van der Waals surface area contributed by atoms with E-state index in [2.05, 4.69) is 25.6 Å². The number of amides is 1. The van der Waals surface area contributed by atoms with E-state index in [4.69, 9.17) is 16.3 Å². The molecule has 0 bridgehead atoms. The molecule has 9 nitrogen and oxygen atoms in total. The second-order valence-electron chi connectivity index (χ2n) is 6.98. The van der Waals surface area contributed by atoms with Crippen molar-refractivity contribution in [1.82, 2.24) is 20.3 Å². The molecule has 4 aromatic rings. The normalized spacial score (nSPS) is 15.8. The van der Waals surface area contributed by atoms with Gasteiger partial charge in [-0.25, -0.2) is 14.8 Å². The molecule has 4 heterocycles. The van der Waals surface area contributed by atoms with Gasteiger partial charge >= 0.3 is 5.97 Å². The second-order valence-corrected chi connectivity index (χ2v) is 8.37. The summed E-state index contributed by atoms with van der Waals surface area (Å²) in [7, 11) is 0. The Morgan fingerprint density at radius 1 is 1.29 bits per heavy atom. The van der Waals surface area contributed by atoms with Crippen LogP contribution in [-0.4, -0.2) is 44.5 Å². The Morgan fingerprint density at radius 2 is 2.13 bits per heavy atom. The molecule has 0 aliphatic carbocycles. The summed E-state index contributed by atoms with van der Waals surface area (Å²) in [5, 5.41) is 17.3. The highest BCUT2D eigenvalue weighted by atomic mass is 35.5. The Kier molecular flexibility index (Phi) is 4.60. The zero-order chi connectivity index (χ0) is 21.7. The van der Waals surface area contributed by atoms with Crippen LogP contribution in [-0.2, 0) is 0 Å². The molecule has 1 amide bonds. The number of halogens is 1. The topological polar surface area (TPSA) is 126 Å². The lowest BCUT2D eigenvalue weighted by molar-refractivity contribution is 0.0692. The van der Waals surface area contributed by atoms with Crippen LogP contribution in [0.3, 0.4) is 0 Å². The number of nitrogens with one attached hydrogen (secondary N) is 2. The van der Waals surface area contributed by atoms with Gasteiger partial charge in [-0.05, 0) is 36.7 Å². The molecule has 1 atom stereocenters. The van der Waals surface area contributed by atoms with Crippen molar-refractivity contribution in [2.75, 3.05) is 11.9 Å². The number of carboxylic acids is 1. The maximum absolute atomic E-state index is 12.5. The fraction of sp³-hybridized carbons (Fsp3) is 0.150. The number of hydrogen-bond acceptors (Lipinski definition) is 8. The van der Waals surface area contributed by atoms with Crippen molar-refractivity contribution in [3.8, 4) is 11.8 Å². The average molecular weight is 456 g/mol. The quantitative estimate of drug-likeness (QED) is 0.397. The number of fused-ring (bicyclic) bond motifs is 5. The molecule has 1 aromatic carbocycles. The first kappa shape index (κ1) is 19.5. The van der Waals surface area contributed by atoms with Crippen molar-refractivity contribution in [3.05, 3.63) is 46.2 Å². The number of hydrogen-bond donors (Lipinski definition) is 3. The van der Waals surface area contributed by atoms with Gasteiger partial charge in [0, 0.05) is 34.1 Å². The molecule has 1 aliphatic rings. The molecule has 31 heavy (non-hydrogen) atoms. The van der Waals surface area contributed by atoms with Crippen LogP contribution in [0.5, 0.6) is 11.8 Å². The van der Waals surface area contributed by atoms with E-state index in [9.17, 15) is 14.7 Å². The van der Waals surface area contributed by atoms with Crippen LogP contribution in [0.1, 0.15) is 27.0 Å². The Hall–Kier alpha value is -3.50. The maximum atomic E-state index is 12.5. The van der Waals surface area contributed by atoms with E-state index in [-0.39, 0.29) is 34.6 Å². The predicted octanol–water partition coefficient (Wildman–Crippen LogP) is 3.93. The first-order valence-corrected chi connectivity index (χ1v) is 10.4. The number of nitrogens with zero attached hydrogens (tertiary/aromatic N) is 3. The highest BCUT2D eigenvalue weighted by Gasteiger charge is 2.25. The van der Waals surface area contributed by atoms with Gasteiger partial charge in [-0.1, -0.05) is 0 Å². The van der Waals surface area contributed by atoms with Crippen molar-refractivity contribution in [1.29, 1.82) is 0 Å². The molecule has 0 unspecified atom stereocenters. The highest BCUT2D eigenvalue weighted by molar-refractivity contribution is 7.21. The number of aromatic carboxylic acids is 1. The molecule has 3 aromatic heterocycles. The van der Waals surface area contributed by atoms with Crippen molar-refractivity contribution in [2.45, 2.75) is 13.0 Å². The van der Waals surface area contributed by atoms with Crippen molar-refractivity contribution in [3.63, 3.8) is 0 Å². The number of ether oxygens (including phenoxy) is 1. The molecule has 0 saturated heterocycles. The minimum Gasteiger partial charge on any atom is -0.477 e. The number of aromatic nitrogens is 3. The van der Waals surface area contributed by atoms with E-state index >= 15 is 0 Å². The molecular weight excluding hydrogens is 442 g/mol. The summed E-state index contributed by atoms with van der Waals surface area (Å²) in [6.07, 6.45) is 1.08. The number of thiophene rings is 1. The zero-order valence-electron chi connectivity index (χ0n) is 16.0. The number of anilines is 1. The smallest absolute Gasteiger partial charge is 0.342 e. The summed E-state index contributed by atoms with van der Waals surface area (Å²) < 4.78 is 6.57. The van der Waals surface area contributed by atoms with Crippen molar-refractivity contribution < 1.29 is 19.4 Å². The lowest BCUT2D eigenvalue weighted by Gasteiger charge is -2.10. The Bertz CT molecular complexity index is 1390. The standard InChI is InChI=1S/C20H14ClN5O4S/c1-8-6-22-15-14-9-2-5-13(30-18-10(19(28)29)7-23-20(21)26-18)25-11(9)3-4-12(14)31-16(15)17(27)24-8/h2-5,7-8,22H,6H2,1H3,(H,24,27)(H,28,29)/t8-/m1/s1. The fourth-order valence-corrected chi connectivity index (χ4v) is 4.66. The van der Waals surface area contributed by atoms with Crippen LogP contribution in [0.25, 0.3) is 21.0 Å². The van der Waals surface area contributed by atoms with E-state index in [0.717, 1.165) is 27.4 Å². The largest absolute Gasteiger partial charge is 0.477 e. The molecule has 1 aliphatic heterocycles. The van der Waals surface area contributed by atoms with Crippen LogP contribution in [0.4, 0.5) is 5.69 Å². The van der Waals surface area contributed by atoms with Crippen LogP contribution < -0.4 is 15.4 Å². The van der Waals surface area contributed by atoms with Gasteiger partial charge in [0.1, 0.15) is 10.4 Å². The van der Waals surface area contributed by atoms with E-state index in [1.807, 2.05) is 25.1 Å². The maximum Gasteiger partial charge on any atom is 0.342 e. The number of pyridine rings is 1. The van der Waals surface area contributed by atoms with Crippen LogP contribution >= 0.6 is 22.9 Å². The second kappa shape index (κ2) is 7.33. The van der Waals surface area contributed by atoms with Gasteiger partial charge in [0.05, 0.1) is 17.4 Å². The van der Waals surface area contributed by atoms with E-state index in [1.54, 1.807) is 6.07 Å². The van der Waals surface area contributed by atoms with Gasteiger partial charge in [-0.3, -0.25) is 4.79 Å². The molecule has 5 rings (SSSR count). The average Bonchev–Trinajstić information content (AvgIpc) is 3.04. The lowest BCUT2D eigenvalue weighted by atomic mass is 10.1. The third-order valence-electron chi connectivity index (χ3n) is 4.82. The summed E-state index contributed by atoms with van der Waals surface area (Å²) in [6.45, 7) is 2.56. The fourth-order valence-electron chi connectivity index (χ4n) is 3.43. The monoisotopic (exact) mass is 455 g/mol. The molecule has 0 saturated carbocycles. The summed E-state index contributed by atoms with van der Waals surface area (Å²) in [5.41, 5.74) is 1.19. The molecule has 0 radical (unpaired) electrons. The molecule has 0 fully saturated rings. The Morgan fingerprint density at radius 3 is 2.94 bits per heavy atom. The minimum atomic E-state index is -1.24. The molecule has 3 N–H and O–H groups in total. The van der Waals surface area contributed by atoms with Gasteiger partial charge in [-0.2, -0.15) is 4.98 Å². The van der Waals surface area contributed by atoms with Crippen LogP contribution in [0.2, 0.25) is 5.28 Å². The SMILES string of the molecule is C[C@@H]1CNc2c(sc3ccc4nc(Oc5nc(Cl)ncc5C(=O)O)ccc4c23)C(=O)N1. The number of carbonyl (C=O) groups is 2. The van der Waals surface area contributed by atoms with Gasteiger partial charge < -0.3 is 20.5 Å². The molecular formula is C20H14ClN5O4S. The first-order chi connectivity index (χ1) is 14.9. The lowest BCUT2D eigenvalue weighted by Crippen LogP contribution is -2.34. The Balaban J connectivity index is 1.61. The number of carboxylic acid groups (broad SMARTS) is 1. The zero-order valence-corrected chi connectivity index (χ0v) is 17.5. The summed E-state index contributed by atoms with van der Waals surface area (Å²) in [5.74, 6) is -1.38. The van der Waals surface area contributed by atoms with E-state index in [0.29, 0.717) is 16.9 Å². The van der Waals surface area contributed by atoms with E-state index in [1.165, 1.54) is 11.3 Å². The van der Waals surface area contributed by atoms with E-state index < -0.39 is 5.97 Å². The van der Waals surface area contributed by atoms with Crippen molar-refractivity contribution >= 4 is 61.5 Å². The molecule has 156 valence electrons. The van der Waals surface area contributed by atoms with Crippen LogP contribution in [0, 0.1) is 0 Å². The number of rotatable bonds is 3. The predicted molar refractivity (Wildman–Crippen MR) is 117 cm³/mol. The van der Waals surface area contributed by atoms with Crippen molar-refractivity contribution in [2.24, 2.45) is 0 Å². The Labute approximate surface area is 184 Å².